The maximum atomic E-state index is 15.8. The average Bonchev–Trinajstić information content (AvgIpc) is 4.29. The molecule has 25 heteroatoms. The summed E-state index contributed by atoms with van der Waals surface area (Å²) in [5, 5.41) is 78.3. The van der Waals surface area contributed by atoms with Crippen molar-refractivity contribution in [3.05, 3.63) is 88.1 Å². The van der Waals surface area contributed by atoms with Crippen molar-refractivity contribution in [3.63, 3.8) is 0 Å². The number of hydrazine groups is 1. The van der Waals surface area contributed by atoms with Crippen molar-refractivity contribution in [2.24, 2.45) is 11.8 Å². The number of nitrogens with one attached hydrogen (secondary N) is 1. The Hall–Kier alpha value is -4.51. The standard InChI is InChI=1S/C49H61F8N5O12/c1-61-47(11-2-3-12-47)45(69)36(43(67)40-39(60-40)29-8-7-28(48(52,53)54)22-31(29)32-23-35(49(55,56)57)59-25-58-32)46(70)62(61)24-27-6-9-34(38(51)37(27)50)74-20-19-73-18-17-72-16-15-71-14-4-5-26-21-30(26)41(65)44(68)42(66)33(64)10-13-63/h6-9,22-23,25-26,30,33,39-42,44,46,60,63-66,68-70H,2-5,10-21,24H2,1H3/t26?,30?,33?,39?,40?,41-,42?,44?,46+/m0/s1. The van der Waals surface area contributed by atoms with Gasteiger partial charge in [0.2, 0.25) is 5.82 Å². The molecule has 2 aliphatic heterocycles. The van der Waals surface area contributed by atoms with Crippen LogP contribution in [0.3, 0.4) is 0 Å². The molecule has 17 nitrogen and oxygen atoms in total. The molecular weight excluding hydrogens is 1000 g/mol. The molecule has 2 aromatic carbocycles. The lowest BCUT2D eigenvalue weighted by atomic mass is 9.85. The monoisotopic (exact) mass is 1060 g/mol. The minimum Gasteiger partial charge on any atom is -0.510 e. The number of halogens is 8. The maximum Gasteiger partial charge on any atom is 0.433 e. The van der Waals surface area contributed by atoms with Gasteiger partial charge in [-0.05, 0) is 80.2 Å². The number of alkyl halides is 6. The number of nitrogens with zero attached hydrogens (tertiary/aromatic N) is 4. The highest BCUT2D eigenvalue weighted by Gasteiger charge is 2.56. The quantitative estimate of drug-likeness (QED) is 0.0313. The van der Waals surface area contributed by atoms with E-state index in [4.69, 9.17) is 24.1 Å². The molecule has 0 bridgehead atoms. The van der Waals surface area contributed by atoms with Gasteiger partial charge in [-0.15, -0.1) is 0 Å². The minimum atomic E-state index is -4.96. The highest BCUT2D eigenvalue weighted by atomic mass is 19.4. The van der Waals surface area contributed by atoms with Crippen LogP contribution in [0.4, 0.5) is 35.1 Å². The van der Waals surface area contributed by atoms with Gasteiger partial charge in [0.15, 0.2) is 23.6 Å². The third-order valence-corrected chi connectivity index (χ3v) is 14.2. The fourth-order valence-electron chi connectivity index (χ4n) is 9.92. The van der Waals surface area contributed by atoms with Crippen LogP contribution >= 0.6 is 0 Å². The van der Waals surface area contributed by atoms with Crippen LogP contribution in [0.15, 0.2) is 54.1 Å². The number of aliphatic hydroxyl groups excluding tert-OH is 7. The van der Waals surface area contributed by atoms with Crippen molar-refractivity contribution in [1.29, 1.82) is 0 Å². The van der Waals surface area contributed by atoms with Gasteiger partial charge in [-0.1, -0.05) is 25.0 Å². The summed E-state index contributed by atoms with van der Waals surface area (Å²) in [6, 6.07) is 2.83. The lowest BCUT2D eigenvalue weighted by molar-refractivity contribution is -0.184. The Morgan fingerprint density at radius 3 is 2.18 bits per heavy atom. The predicted octanol–water partition coefficient (Wildman–Crippen LogP) is 4.52. The summed E-state index contributed by atoms with van der Waals surface area (Å²) in [5.74, 6) is -4.49. The topological polar surface area (TPSA) is 250 Å². The zero-order valence-electron chi connectivity index (χ0n) is 40.2. The molecule has 1 aromatic heterocycles. The number of rotatable bonds is 26. The molecule has 7 unspecified atom stereocenters. The largest absolute Gasteiger partial charge is 0.510 e. The maximum absolute atomic E-state index is 15.8. The Labute approximate surface area is 420 Å². The number of ketones is 1. The summed E-state index contributed by atoms with van der Waals surface area (Å²) in [4.78, 5) is 21.3. The summed E-state index contributed by atoms with van der Waals surface area (Å²) in [6.07, 6.45) is -13.1. The van der Waals surface area contributed by atoms with Gasteiger partial charge in [0.25, 0.3) is 0 Å². The number of ether oxygens (including phenoxy) is 4. The molecular formula is C49H61F8N5O12. The van der Waals surface area contributed by atoms with Gasteiger partial charge in [-0.3, -0.25) is 10.1 Å². The fraction of sp³-hybridized carbons (Fsp3) is 0.612. The minimum absolute atomic E-state index is 0.00522. The number of Topliss-reactive ketones (excluding diaryl/α,β-unsaturated/α-hetero) is 1. The second-order valence-corrected chi connectivity index (χ2v) is 19.0. The zero-order valence-corrected chi connectivity index (χ0v) is 40.2. The van der Waals surface area contributed by atoms with E-state index in [2.05, 4.69) is 15.3 Å². The fourth-order valence-corrected chi connectivity index (χ4v) is 9.92. The van der Waals surface area contributed by atoms with Gasteiger partial charge < -0.3 is 54.7 Å². The first kappa shape index (κ1) is 57.2. The molecule has 74 heavy (non-hydrogen) atoms. The molecule has 3 heterocycles. The van der Waals surface area contributed by atoms with E-state index in [9.17, 15) is 61.8 Å². The Morgan fingerprint density at radius 1 is 0.865 bits per heavy atom. The van der Waals surface area contributed by atoms with E-state index in [0.717, 1.165) is 12.5 Å². The first-order valence-electron chi connectivity index (χ1n) is 24.3. The molecule has 9 atom stereocenters. The molecule has 8 N–H and O–H groups in total. The van der Waals surface area contributed by atoms with Gasteiger partial charge in [0.1, 0.15) is 36.6 Å². The highest BCUT2D eigenvalue weighted by molar-refractivity contribution is 6.04. The number of aromatic nitrogens is 2. The van der Waals surface area contributed by atoms with E-state index in [-0.39, 0.29) is 74.6 Å². The molecule has 4 aliphatic rings. The lowest BCUT2D eigenvalue weighted by Crippen LogP contribution is -2.63. The van der Waals surface area contributed by atoms with Crippen LogP contribution in [0, 0.1) is 23.5 Å². The van der Waals surface area contributed by atoms with E-state index in [1.165, 1.54) is 29.2 Å². The van der Waals surface area contributed by atoms with E-state index >= 15 is 8.78 Å². The number of hydrogen-bond donors (Lipinski definition) is 8. The number of carbonyl (C=O) groups is 1. The first-order chi connectivity index (χ1) is 35.1. The SMILES string of the molecule is CN1N(Cc2ccc(OCCOCCOCCOCCCC3CC3[C@H](O)C(O)C(O)C(O)CCO)c(F)c2F)[C@H](O)C(C(=O)C2NC2c2ccc(C(F)(F)F)cc2-c2cc(C(F)(F)F)ncn2)=C(O)C12CCCC2. The van der Waals surface area contributed by atoms with Crippen LogP contribution < -0.4 is 10.1 Å². The third-order valence-electron chi connectivity index (χ3n) is 14.2. The molecule has 1 saturated heterocycles. The summed E-state index contributed by atoms with van der Waals surface area (Å²) in [6.45, 7) is 0.352. The van der Waals surface area contributed by atoms with Crippen LogP contribution in [0.2, 0.25) is 0 Å². The smallest absolute Gasteiger partial charge is 0.433 e. The molecule has 3 fully saturated rings. The Balaban J connectivity index is 0.878. The van der Waals surface area contributed by atoms with Crippen molar-refractivity contribution in [3.8, 4) is 17.0 Å². The second kappa shape index (κ2) is 24.2. The normalized spacial score (nSPS) is 23.8. The van der Waals surface area contributed by atoms with E-state index in [1.807, 2.05) is 0 Å². The van der Waals surface area contributed by atoms with Crippen molar-refractivity contribution < 1.29 is 94.6 Å². The third kappa shape index (κ3) is 13.0. The number of aliphatic hydroxyl groups is 7. The predicted molar refractivity (Wildman–Crippen MR) is 243 cm³/mol. The second-order valence-electron chi connectivity index (χ2n) is 19.0. The van der Waals surface area contributed by atoms with Crippen molar-refractivity contribution in [2.45, 2.75) is 119 Å². The Kier molecular flexibility index (Phi) is 18.7. The van der Waals surface area contributed by atoms with Crippen LogP contribution in [0.5, 0.6) is 5.75 Å². The summed E-state index contributed by atoms with van der Waals surface area (Å²) >= 11 is 0. The zero-order chi connectivity index (χ0) is 53.7. The Morgan fingerprint density at radius 2 is 1.53 bits per heavy atom. The molecule has 0 radical (unpaired) electrons. The van der Waals surface area contributed by atoms with Crippen LogP contribution in [-0.4, -0.2) is 164 Å². The van der Waals surface area contributed by atoms with Crippen LogP contribution in [0.25, 0.3) is 11.3 Å². The van der Waals surface area contributed by atoms with Gasteiger partial charge in [0, 0.05) is 37.9 Å². The van der Waals surface area contributed by atoms with Gasteiger partial charge in [-0.2, -0.15) is 30.7 Å². The van der Waals surface area contributed by atoms with E-state index < -0.39 is 119 Å². The van der Waals surface area contributed by atoms with E-state index in [0.29, 0.717) is 76.3 Å². The van der Waals surface area contributed by atoms with Crippen LogP contribution in [-0.2, 0) is 37.9 Å². The van der Waals surface area contributed by atoms with Gasteiger partial charge >= 0.3 is 12.4 Å². The summed E-state index contributed by atoms with van der Waals surface area (Å²) < 4.78 is 136. The molecule has 1 spiro atoms. The molecule has 2 saturated carbocycles. The van der Waals surface area contributed by atoms with E-state index in [1.54, 1.807) is 0 Å². The molecule has 7 rings (SSSR count). The van der Waals surface area contributed by atoms with Crippen LogP contribution in [0.1, 0.15) is 79.8 Å². The number of benzene rings is 2. The van der Waals surface area contributed by atoms with Crippen molar-refractivity contribution in [1.82, 2.24) is 25.3 Å². The molecule has 0 amide bonds. The van der Waals surface area contributed by atoms with Crippen molar-refractivity contribution >= 4 is 5.78 Å². The highest BCUT2D eigenvalue weighted by Crippen LogP contribution is 2.49. The van der Waals surface area contributed by atoms with Gasteiger partial charge in [-0.25, -0.2) is 24.4 Å². The molecule has 3 aromatic rings. The molecule has 2 aliphatic carbocycles. The average molecular weight is 1060 g/mol. The number of carbonyl (C=O) groups excluding carboxylic acids is 1. The number of likely N-dealkylation sites (N-methyl/N-ethyl adjacent to an activating group) is 1. The molecule has 410 valence electrons. The summed E-state index contributed by atoms with van der Waals surface area (Å²) in [7, 11) is 1.52. The van der Waals surface area contributed by atoms with Crippen molar-refractivity contribution in [2.75, 3.05) is 59.9 Å². The number of hydrogen-bond acceptors (Lipinski definition) is 17. The van der Waals surface area contributed by atoms with Gasteiger partial charge in [0.05, 0.1) is 79.7 Å². The first-order valence-corrected chi connectivity index (χ1v) is 24.3. The Bertz CT molecular complexity index is 2430. The lowest BCUT2D eigenvalue weighted by Gasteiger charge is -2.51. The summed E-state index contributed by atoms with van der Waals surface area (Å²) in [5.41, 5.74) is -5.52.